The van der Waals surface area contributed by atoms with E-state index in [2.05, 4.69) is 12.2 Å². The van der Waals surface area contributed by atoms with Gasteiger partial charge in [-0.1, -0.05) is 31.4 Å². The van der Waals surface area contributed by atoms with Crippen LogP contribution < -0.4 is 5.32 Å². The minimum absolute atomic E-state index is 0.187. The van der Waals surface area contributed by atoms with Crippen LogP contribution in [0.2, 0.25) is 5.02 Å². The summed E-state index contributed by atoms with van der Waals surface area (Å²) in [5, 5.41) is 4.33. The first kappa shape index (κ1) is 14.8. The standard InChI is InChI=1S/C16H23ClFN/c1-2-9-19-16-6-4-3-5-12(16)10-13-11-14(18)7-8-15(13)17/h7-8,11-12,16,19H,2-6,9-10H2,1H3. The van der Waals surface area contributed by atoms with Crippen molar-refractivity contribution in [1.29, 1.82) is 0 Å². The molecule has 0 aliphatic heterocycles. The van der Waals surface area contributed by atoms with Gasteiger partial charge in [-0.3, -0.25) is 0 Å². The summed E-state index contributed by atoms with van der Waals surface area (Å²) in [6.07, 6.45) is 7.07. The summed E-state index contributed by atoms with van der Waals surface area (Å²) in [6, 6.07) is 5.25. The van der Waals surface area contributed by atoms with Crippen molar-refractivity contribution in [1.82, 2.24) is 5.32 Å². The Morgan fingerprint density at radius 1 is 1.32 bits per heavy atom. The summed E-state index contributed by atoms with van der Waals surface area (Å²) in [5.41, 5.74) is 0.955. The van der Waals surface area contributed by atoms with Crippen LogP contribution in [0.5, 0.6) is 0 Å². The monoisotopic (exact) mass is 283 g/mol. The third-order valence-corrected chi connectivity index (χ3v) is 4.42. The van der Waals surface area contributed by atoms with E-state index >= 15 is 0 Å². The molecule has 1 N–H and O–H groups in total. The Balaban J connectivity index is 2.04. The Morgan fingerprint density at radius 2 is 2.11 bits per heavy atom. The number of halogens is 2. The van der Waals surface area contributed by atoms with Crippen molar-refractivity contribution in [2.75, 3.05) is 6.54 Å². The lowest BCUT2D eigenvalue weighted by atomic mass is 9.80. The van der Waals surface area contributed by atoms with Crippen molar-refractivity contribution in [2.45, 2.75) is 51.5 Å². The average molecular weight is 284 g/mol. The molecule has 19 heavy (non-hydrogen) atoms. The molecule has 0 amide bonds. The van der Waals surface area contributed by atoms with Crippen LogP contribution in [-0.2, 0) is 6.42 Å². The largest absolute Gasteiger partial charge is 0.314 e. The summed E-state index contributed by atoms with van der Waals surface area (Å²) >= 11 is 6.18. The molecule has 0 saturated heterocycles. The Hall–Kier alpha value is -0.600. The van der Waals surface area contributed by atoms with Crippen molar-refractivity contribution in [3.63, 3.8) is 0 Å². The van der Waals surface area contributed by atoms with Gasteiger partial charge in [0.1, 0.15) is 5.82 Å². The molecule has 1 aliphatic carbocycles. The van der Waals surface area contributed by atoms with Crippen molar-refractivity contribution in [2.24, 2.45) is 5.92 Å². The van der Waals surface area contributed by atoms with E-state index in [0.29, 0.717) is 17.0 Å². The molecule has 2 rings (SSSR count). The lowest BCUT2D eigenvalue weighted by Crippen LogP contribution is -2.39. The van der Waals surface area contributed by atoms with Gasteiger partial charge in [0, 0.05) is 11.1 Å². The SMILES string of the molecule is CCCNC1CCCCC1Cc1cc(F)ccc1Cl. The van der Waals surface area contributed by atoms with Crippen LogP contribution in [0.4, 0.5) is 4.39 Å². The van der Waals surface area contributed by atoms with Crippen molar-refractivity contribution in [3.05, 3.63) is 34.6 Å². The second-order valence-corrected chi connectivity index (χ2v) is 5.95. The maximum atomic E-state index is 13.3. The molecule has 0 bridgehead atoms. The van der Waals surface area contributed by atoms with Crippen LogP contribution in [0.3, 0.4) is 0 Å². The van der Waals surface area contributed by atoms with Gasteiger partial charge in [-0.25, -0.2) is 4.39 Å². The Labute approximate surface area is 120 Å². The molecular weight excluding hydrogens is 261 g/mol. The van der Waals surface area contributed by atoms with E-state index in [0.717, 1.165) is 24.9 Å². The first-order valence-corrected chi connectivity index (χ1v) is 7.75. The number of hydrogen-bond donors (Lipinski definition) is 1. The first-order valence-electron chi connectivity index (χ1n) is 7.38. The highest BCUT2D eigenvalue weighted by molar-refractivity contribution is 6.31. The van der Waals surface area contributed by atoms with E-state index in [1.807, 2.05) is 0 Å². The maximum absolute atomic E-state index is 13.3. The highest BCUT2D eigenvalue weighted by Gasteiger charge is 2.25. The van der Waals surface area contributed by atoms with Gasteiger partial charge >= 0.3 is 0 Å². The molecule has 1 saturated carbocycles. The van der Waals surface area contributed by atoms with E-state index in [9.17, 15) is 4.39 Å². The molecule has 1 aromatic rings. The molecule has 0 heterocycles. The molecule has 1 fully saturated rings. The maximum Gasteiger partial charge on any atom is 0.123 e. The predicted octanol–water partition coefficient (Wildman–Crippen LogP) is 4.58. The van der Waals surface area contributed by atoms with Gasteiger partial charge < -0.3 is 5.32 Å². The zero-order valence-electron chi connectivity index (χ0n) is 11.6. The van der Waals surface area contributed by atoms with Gasteiger partial charge in [0.15, 0.2) is 0 Å². The summed E-state index contributed by atoms with van der Waals surface area (Å²) in [6.45, 7) is 3.26. The van der Waals surface area contributed by atoms with E-state index in [4.69, 9.17) is 11.6 Å². The van der Waals surface area contributed by atoms with Crippen LogP contribution >= 0.6 is 11.6 Å². The van der Waals surface area contributed by atoms with Gasteiger partial charge in [0.25, 0.3) is 0 Å². The number of rotatable bonds is 5. The van der Waals surface area contributed by atoms with Gasteiger partial charge in [0.05, 0.1) is 0 Å². The lowest BCUT2D eigenvalue weighted by molar-refractivity contribution is 0.261. The predicted molar refractivity (Wildman–Crippen MR) is 79.2 cm³/mol. The number of benzene rings is 1. The van der Waals surface area contributed by atoms with E-state index in [1.54, 1.807) is 12.1 Å². The van der Waals surface area contributed by atoms with E-state index in [1.165, 1.54) is 31.7 Å². The summed E-state index contributed by atoms with van der Waals surface area (Å²) in [4.78, 5) is 0. The quantitative estimate of drug-likeness (QED) is 0.834. The van der Waals surface area contributed by atoms with E-state index < -0.39 is 0 Å². The van der Waals surface area contributed by atoms with Crippen LogP contribution in [0.25, 0.3) is 0 Å². The normalized spacial score (nSPS) is 23.5. The molecule has 0 radical (unpaired) electrons. The Morgan fingerprint density at radius 3 is 2.89 bits per heavy atom. The first-order chi connectivity index (χ1) is 9.20. The zero-order valence-corrected chi connectivity index (χ0v) is 12.3. The van der Waals surface area contributed by atoms with Crippen molar-refractivity contribution in [3.8, 4) is 0 Å². The van der Waals surface area contributed by atoms with Crippen LogP contribution in [-0.4, -0.2) is 12.6 Å². The summed E-state index contributed by atoms with van der Waals surface area (Å²) < 4.78 is 13.3. The molecule has 1 aliphatic rings. The highest BCUT2D eigenvalue weighted by Crippen LogP contribution is 2.30. The van der Waals surface area contributed by atoms with Crippen LogP contribution in [0, 0.1) is 11.7 Å². The minimum Gasteiger partial charge on any atom is -0.314 e. The van der Waals surface area contributed by atoms with Gasteiger partial charge in [-0.05, 0) is 61.9 Å². The molecule has 0 spiro atoms. The molecule has 106 valence electrons. The molecule has 2 unspecified atom stereocenters. The van der Waals surface area contributed by atoms with Crippen LogP contribution in [0.15, 0.2) is 18.2 Å². The van der Waals surface area contributed by atoms with Gasteiger partial charge in [-0.15, -0.1) is 0 Å². The second-order valence-electron chi connectivity index (χ2n) is 5.55. The van der Waals surface area contributed by atoms with E-state index in [-0.39, 0.29) is 5.82 Å². The minimum atomic E-state index is -0.187. The second kappa shape index (κ2) is 7.25. The molecule has 1 nitrogen and oxygen atoms in total. The fraction of sp³-hybridized carbons (Fsp3) is 0.625. The summed E-state index contributed by atoms with van der Waals surface area (Å²) in [7, 11) is 0. The van der Waals surface area contributed by atoms with Crippen LogP contribution in [0.1, 0.15) is 44.6 Å². The fourth-order valence-corrected chi connectivity index (χ4v) is 3.23. The molecular formula is C16H23ClFN. The lowest BCUT2D eigenvalue weighted by Gasteiger charge is -2.32. The Kier molecular flexibility index (Phi) is 5.65. The Bertz CT molecular complexity index is 408. The van der Waals surface area contributed by atoms with Crippen molar-refractivity contribution < 1.29 is 4.39 Å². The molecule has 0 aromatic heterocycles. The molecule has 1 aromatic carbocycles. The molecule has 3 heteroatoms. The molecule has 2 atom stereocenters. The fourth-order valence-electron chi connectivity index (χ4n) is 3.03. The third-order valence-electron chi connectivity index (χ3n) is 4.06. The number of hydrogen-bond acceptors (Lipinski definition) is 1. The van der Waals surface area contributed by atoms with Gasteiger partial charge in [-0.2, -0.15) is 0 Å². The average Bonchev–Trinajstić information content (AvgIpc) is 2.42. The van der Waals surface area contributed by atoms with Gasteiger partial charge in [0.2, 0.25) is 0 Å². The zero-order chi connectivity index (χ0) is 13.7. The highest BCUT2D eigenvalue weighted by atomic mass is 35.5. The summed E-state index contributed by atoms with van der Waals surface area (Å²) in [5.74, 6) is 0.396. The van der Waals surface area contributed by atoms with Crippen molar-refractivity contribution >= 4 is 11.6 Å². The topological polar surface area (TPSA) is 12.0 Å². The number of nitrogens with one attached hydrogen (secondary N) is 1. The third kappa shape index (κ3) is 4.19. The smallest absolute Gasteiger partial charge is 0.123 e.